The van der Waals surface area contributed by atoms with Crippen molar-refractivity contribution in [3.8, 4) is 5.75 Å². The van der Waals surface area contributed by atoms with Gasteiger partial charge in [-0.15, -0.1) is 0 Å². The number of rotatable bonds is 3. The van der Waals surface area contributed by atoms with Crippen LogP contribution in [-0.2, 0) is 16.0 Å². The van der Waals surface area contributed by atoms with Crippen molar-refractivity contribution in [2.75, 3.05) is 7.11 Å². The molecule has 4 nitrogen and oxygen atoms in total. The highest BCUT2D eigenvalue weighted by atomic mass is 16.5. The minimum atomic E-state index is -0.473. The SMILES string of the molecule is C=C(C(=O)OC)[C@@H]1Cc2cc(C(C)=O)ccc2O1. The van der Waals surface area contributed by atoms with E-state index in [1.807, 2.05) is 0 Å². The molecule has 1 aromatic carbocycles. The number of hydrogen-bond donors (Lipinski definition) is 0. The van der Waals surface area contributed by atoms with Crippen LogP contribution >= 0.6 is 0 Å². The van der Waals surface area contributed by atoms with Crippen LogP contribution in [0.2, 0.25) is 0 Å². The Labute approximate surface area is 105 Å². The summed E-state index contributed by atoms with van der Waals surface area (Å²) in [7, 11) is 1.31. The first-order valence-electron chi connectivity index (χ1n) is 5.60. The second-order valence-electron chi connectivity index (χ2n) is 4.21. The van der Waals surface area contributed by atoms with E-state index in [0.29, 0.717) is 17.7 Å². The van der Waals surface area contributed by atoms with Gasteiger partial charge in [-0.3, -0.25) is 4.79 Å². The standard InChI is InChI=1S/C14H14O4/c1-8(14(16)17-3)13-7-11-6-10(9(2)15)4-5-12(11)18-13/h4-6,13H,1,7H2,2-3H3/t13-/m0/s1. The molecule has 4 heteroatoms. The molecule has 0 bridgehead atoms. The van der Waals surface area contributed by atoms with E-state index in [1.165, 1.54) is 14.0 Å². The van der Waals surface area contributed by atoms with Gasteiger partial charge in [-0.2, -0.15) is 0 Å². The van der Waals surface area contributed by atoms with E-state index >= 15 is 0 Å². The normalized spacial score (nSPS) is 16.7. The van der Waals surface area contributed by atoms with Crippen molar-refractivity contribution in [2.24, 2.45) is 0 Å². The molecule has 0 aliphatic carbocycles. The molecule has 0 saturated carbocycles. The van der Waals surface area contributed by atoms with Crippen LogP contribution in [-0.4, -0.2) is 25.0 Å². The zero-order chi connectivity index (χ0) is 13.3. The quantitative estimate of drug-likeness (QED) is 0.464. The first kappa shape index (κ1) is 12.4. The average Bonchev–Trinajstić information content (AvgIpc) is 2.79. The lowest BCUT2D eigenvalue weighted by Gasteiger charge is -2.11. The van der Waals surface area contributed by atoms with Gasteiger partial charge in [0.2, 0.25) is 0 Å². The minimum Gasteiger partial charge on any atom is -0.485 e. The molecule has 1 aliphatic rings. The van der Waals surface area contributed by atoms with E-state index in [2.05, 4.69) is 11.3 Å². The summed E-state index contributed by atoms with van der Waals surface area (Å²) >= 11 is 0. The summed E-state index contributed by atoms with van der Waals surface area (Å²) in [6.07, 6.45) is 0.124. The Morgan fingerprint density at radius 3 is 2.78 bits per heavy atom. The molecule has 0 radical (unpaired) electrons. The van der Waals surface area contributed by atoms with E-state index in [0.717, 1.165) is 5.56 Å². The summed E-state index contributed by atoms with van der Waals surface area (Å²) in [5, 5.41) is 0. The van der Waals surface area contributed by atoms with Gasteiger partial charge in [-0.25, -0.2) is 4.79 Å². The Hall–Kier alpha value is -2.10. The molecule has 0 aromatic heterocycles. The minimum absolute atomic E-state index is 0.00745. The maximum absolute atomic E-state index is 11.4. The molecular formula is C14H14O4. The maximum atomic E-state index is 11.4. The van der Waals surface area contributed by atoms with Crippen LogP contribution in [0, 0.1) is 0 Å². The third kappa shape index (κ3) is 2.14. The topological polar surface area (TPSA) is 52.6 Å². The van der Waals surface area contributed by atoms with Crippen molar-refractivity contribution in [1.82, 2.24) is 0 Å². The Bertz CT molecular complexity index is 531. The van der Waals surface area contributed by atoms with Gasteiger partial charge in [0.05, 0.1) is 12.7 Å². The van der Waals surface area contributed by atoms with E-state index < -0.39 is 12.1 Å². The number of fused-ring (bicyclic) bond motifs is 1. The van der Waals surface area contributed by atoms with Crippen LogP contribution in [0.4, 0.5) is 0 Å². The molecule has 0 unspecified atom stereocenters. The molecule has 0 N–H and O–H groups in total. The van der Waals surface area contributed by atoms with Gasteiger partial charge >= 0.3 is 5.97 Å². The van der Waals surface area contributed by atoms with Crippen molar-refractivity contribution < 1.29 is 19.1 Å². The molecule has 94 valence electrons. The third-order valence-corrected chi connectivity index (χ3v) is 2.98. The van der Waals surface area contributed by atoms with Gasteiger partial charge < -0.3 is 9.47 Å². The van der Waals surface area contributed by atoms with Crippen LogP contribution < -0.4 is 4.74 Å². The second kappa shape index (κ2) is 4.64. The number of methoxy groups -OCH3 is 1. The van der Waals surface area contributed by atoms with Crippen LogP contribution in [0.1, 0.15) is 22.8 Å². The van der Waals surface area contributed by atoms with Crippen molar-refractivity contribution in [3.63, 3.8) is 0 Å². The summed E-state index contributed by atoms with van der Waals surface area (Å²) in [6, 6.07) is 5.25. The molecule has 18 heavy (non-hydrogen) atoms. The summed E-state index contributed by atoms with van der Waals surface area (Å²) in [5.74, 6) is 0.225. The first-order chi connectivity index (χ1) is 8.52. The number of carbonyl (C=O) groups excluding carboxylic acids is 2. The van der Waals surface area contributed by atoms with Crippen molar-refractivity contribution >= 4 is 11.8 Å². The fourth-order valence-electron chi connectivity index (χ4n) is 1.92. The molecule has 0 spiro atoms. The number of ketones is 1. The fourth-order valence-corrected chi connectivity index (χ4v) is 1.92. The Morgan fingerprint density at radius 2 is 2.17 bits per heavy atom. The lowest BCUT2D eigenvalue weighted by atomic mass is 10.0. The van der Waals surface area contributed by atoms with Crippen LogP contribution in [0.3, 0.4) is 0 Å². The second-order valence-corrected chi connectivity index (χ2v) is 4.21. The molecule has 0 amide bonds. The zero-order valence-corrected chi connectivity index (χ0v) is 10.4. The van der Waals surface area contributed by atoms with Crippen molar-refractivity contribution in [3.05, 3.63) is 41.5 Å². The molecule has 2 rings (SSSR count). The van der Waals surface area contributed by atoms with Gasteiger partial charge in [0.25, 0.3) is 0 Å². The first-order valence-corrected chi connectivity index (χ1v) is 5.60. The monoisotopic (exact) mass is 246 g/mol. The van der Waals surface area contributed by atoms with Crippen LogP contribution in [0.15, 0.2) is 30.4 Å². The summed E-state index contributed by atoms with van der Waals surface area (Å²) in [6.45, 7) is 5.20. The number of Topliss-reactive ketones (excluding diaryl/α,β-unsaturated/α-hetero) is 1. The molecule has 1 aliphatic heterocycles. The predicted octanol–water partition coefficient (Wildman–Crippen LogP) is 1.92. The van der Waals surface area contributed by atoms with Crippen molar-refractivity contribution in [2.45, 2.75) is 19.4 Å². The van der Waals surface area contributed by atoms with E-state index in [9.17, 15) is 9.59 Å². The average molecular weight is 246 g/mol. The number of esters is 1. The molecule has 1 heterocycles. The van der Waals surface area contributed by atoms with Gasteiger partial charge in [0.15, 0.2) is 5.78 Å². The van der Waals surface area contributed by atoms with Gasteiger partial charge in [-0.05, 0) is 30.7 Å². The third-order valence-electron chi connectivity index (χ3n) is 2.98. The molecular weight excluding hydrogens is 232 g/mol. The number of ether oxygens (including phenoxy) is 2. The van der Waals surface area contributed by atoms with Crippen LogP contribution in [0.25, 0.3) is 0 Å². The molecule has 0 saturated heterocycles. The highest BCUT2D eigenvalue weighted by molar-refractivity contribution is 5.94. The summed E-state index contributed by atoms with van der Waals surface area (Å²) in [4.78, 5) is 22.7. The van der Waals surface area contributed by atoms with E-state index in [-0.39, 0.29) is 11.4 Å². The maximum Gasteiger partial charge on any atom is 0.336 e. The van der Waals surface area contributed by atoms with E-state index in [4.69, 9.17) is 4.74 Å². The number of hydrogen-bond acceptors (Lipinski definition) is 4. The Morgan fingerprint density at radius 1 is 1.44 bits per heavy atom. The highest BCUT2D eigenvalue weighted by Gasteiger charge is 2.29. The van der Waals surface area contributed by atoms with Gasteiger partial charge in [0, 0.05) is 12.0 Å². The van der Waals surface area contributed by atoms with Crippen molar-refractivity contribution in [1.29, 1.82) is 0 Å². The molecule has 1 aromatic rings. The smallest absolute Gasteiger partial charge is 0.336 e. The Kier molecular flexibility index (Phi) is 3.19. The largest absolute Gasteiger partial charge is 0.485 e. The van der Waals surface area contributed by atoms with Gasteiger partial charge in [0.1, 0.15) is 11.9 Å². The summed E-state index contributed by atoms with van der Waals surface area (Å²) < 4.78 is 10.2. The highest BCUT2D eigenvalue weighted by Crippen LogP contribution is 2.32. The number of carbonyl (C=O) groups is 2. The van der Waals surface area contributed by atoms with Gasteiger partial charge in [-0.1, -0.05) is 6.58 Å². The Balaban J connectivity index is 2.20. The summed E-state index contributed by atoms with van der Waals surface area (Å²) in [5.41, 5.74) is 1.84. The fraction of sp³-hybridized carbons (Fsp3) is 0.286. The molecule has 1 atom stereocenters. The lowest BCUT2D eigenvalue weighted by Crippen LogP contribution is -2.22. The zero-order valence-electron chi connectivity index (χ0n) is 10.4. The number of benzene rings is 1. The lowest BCUT2D eigenvalue weighted by molar-refractivity contribution is -0.136. The van der Waals surface area contributed by atoms with E-state index in [1.54, 1.807) is 18.2 Å². The predicted molar refractivity (Wildman–Crippen MR) is 65.7 cm³/mol. The molecule has 0 fully saturated rings. The van der Waals surface area contributed by atoms with Crippen LogP contribution in [0.5, 0.6) is 5.75 Å².